The molecule has 0 saturated carbocycles. The second kappa shape index (κ2) is 47.5. The fraction of sp³-hybridized carbons (Fsp3) is 0.717. The summed E-state index contributed by atoms with van der Waals surface area (Å²) in [6, 6.07) is 0. The Labute approximate surface area is 363 Å². The normalized spacial score (nSPS) is 12.7. The van der Waals surface area contributed by atoms with Gasteiger partial charge in [-0.25, -0.2) is 0 Å². The highest BCUT2D eigenvalue weighted by molar-refractivity contribution is 5.71. The van der Waals surface area contributed by atoms with Gasteiger partial charge in [0, 0.05) is 19.3 Å². The third kappa shape index (κ3) is 45.8. The van der Waals surface area contributed by atoms with Gasteiger partial charge < -0.3 is 14.2 Å². The van der Waals surface area contributed by atoms with Crippen molar-refractivity contribution in [2.24, 2.45) is 0 Å². The molecule has 0 aromatic heterocycles. The molecular formula is C53H90O6. The molecule has 0 N–H and O–H groups in total. The molecule has 0 fully saturated rings. The smallest absolute Gasteiger partial charge is 0.306 e. The van der Waals surface area contributed by atoms with Crippen LogP contribution in [0.25, 0.3) is 0 Å². The summed E-state index contributed by atoms with van der Waals surface area (Å²) in [5.74, 6) is -0.950. The summed E-state index contributed by atoms with van der Waals surface area (Å²) >= 11 is 0. The van der Waals surface area contributed by atoms with Gasteiger partial charge in [-0.05, 0) is 103 Å². The predicted octanol–water partition coefficient (Wildman–Crippen LogP) is 15.9. The molecule has 0 aromatic carbocycles. The maximum atomic E-state index is 12.8. The van der Waals surface area contributed by atoms with Gasteiger partial charge in [-0.2, -0.15) is 0 Å². The Morgan fingerprint density at radius 3 is 1.12 bits per heavy atom. The zero-order chi connectivity index (χ0) is 43.0. The van der Waals surface area contributed by atoms with Crippen molar-refractivity contribution in [1.29, 1.82) is 0 Å². The maximum Gasteiger partial charge on any atom is 0.306 e. The first-order chi connectivity index (χ1) is 29.0. The monoisotopic (exact) mass is 823 g/mol. The Morgan fingerprint density at radius 1 is 0.356 bits per heavy atom. The highest BCUT2D eigenvalue weighted by atomic mass is 16.6. The fourth-order valence-electron chi connectivity index (χ4n) is 6.47. The van der Waals surface area contributed by atoms with Crippen molar-refractivity contribution in [3.05, 3.63) is 72.9 Å². The van der Waals surface area contributed by atoms with Crippen LogP contribution in [-0.2, 0) is 28.6 Å². The van der Waals surface area contributed by atoms with E-state index < -0.39 is 6.10 Å². The van der Waals surface area contributed by atoms with E-state index in [0.29, 0.717) is 19.3 Å². The highest BCUT2D eigenvalue weighted by Crippen LogP contribution is 2.13. The van der Waals surface area contributed by atoms with Crippen LogP contribution in [0.15, 0.2) is 72.9 Å². The van der Waals surface area contributed by atoms with Crippen molar-refractivity contribution in [3.8, 4) is 0 Å². The van der Waals surface area contributed by atoms with E-state index in [2.05, 4.69) is 93.7 Å². The van der Waals surface area contributed by atoms with Crippen LogP contribution in [0.2, 0.25) is 0 Å². The van der Waals surface area contributed by atoms with E-state index in [9.17, 15) is 14.4 Å². The number of ether oxygens (including phenoxy) is 3. The molecule has 1 unspecified atom stereocenters. The Morgan fingerprint density at radius 2 is 0.678 bits per heavy atom. The molecule has 6 nitrogen and oxygen atoms in total. The molecule has 0 aliphatic heterocycles. The van der Waals surface area contributed by atoms with Crippen LogP contribution in [0, 0.1) is 0 Å². The molecule has 0 bridgehead atoms. The summed E-state index contributed by atoms with van der Waals surface area (Å²) in [6.45, 7) is 6.42. The van der Waals surface area contributed by atoms with Crippen LogP contribution < -0.4 is 0 Å². The van der Waals surface area contributed by atoms with Crippen LogP contribution in [0.1, 0.15) is 226 Å². The van der Waals surface area contributed by atoms with E-state index in [1.54, 1.807) is 0 Å². The number of carbonyl (C=O) groups excluding carboxylic acids is 3. The van der Waals surface area contributed by atoms with Crippen molar-refractivity contribution in [2.75, 3.05) is 13.2 Å². The molecule has 0 aliphatic rings. The number of allylic oxidation sites excluding steroid dienone is 12. The van der Waals surface area contributed by atoms with Crippen LogP contribution >= 0.6 is 0 Å². The number of rotatable bonds is 43. The van der Waals surface area contributed by atoms with Gasteiger partial charge in [0.05, 0.1) is 0 Å². The van der Waals surface area contributed by atoms with E-state index in [-0.39, 0.29) is 31.1 Å². The molecule has 6 heteroatoms. The van der Waals surface area contributed by atoms with Crippen LogP contribution in [0.5, 0.6) is 0 Å². The van der Waals surface area contributed by atoms with Gasteiger partial charge in [0.15, 0.2) is 6.10 Å². The summed E-state index contributed by atoms with van der Waals surface area (Å²) in [5, 5.41) is 0. The lowest BCUT2D eigenvalue weighted by molar-refractivity contribution is -0.167. The lowest BCUT2D eigenvalue weighted by atomic mass is 10.1. The average molecular weight is 823 g/mol. The predicted molar refractivity (Wildman–Crippen MR) is 251 cm³/mol. The third-order valence-corrected chi connectivity index (χ3v) is 10.2. The quantitative estimate of drug-likeness (QED) is 0.0264. The lowest BCUT2D eigenvalue weighted by Crippen LogP contribution is -2.30. The van der Waals surface area contributed by atoms with E-state index in [4.69, 9.17) is 14.2 Å². The Hall–Kier alpha value is -3.15. The summed E-state index contributed by atoms with van der Waals surface area (Å²) in [6.07, 6.45) is 58.8. The van der Waals surface area contributed by atoms with E-state index in [1.807, 2.05) is 0 Å². The first kappa shape index (κ1) is 55.9. The summed E-state index contributed by atoms with van der Waals surface area (Å²) in [5.41, 5.74) is 0. The first-order valence-electron chi connectivity index (χ1n) is 24.4. The Bertz CT molecular complexity index is 1130. The second-order valence-corrected chi connectivity index (χ2v) is 16.0. The number of unbranched alkanes of at least 4 members (excludes halogenated alkanes) is 20. The fourth-order valence-corrected chi connectivity index (χ4v) is 6.47. The molecule has 1 atom stereocenters. The van der Waals surface area contributed by atoms with Crippen molar-refractivity contribution in [1.82, 2.24) is 0 Å². The highest BCUT2D eigenvalue weighted by Gasteiger charge is 2.19. The van der Waals surface area contributed by atoms with Gasteiger partial charge in [0.1, 0.15) is 13.2 Å². The van der Waals surface area contributed by atoms with Gasteiger partial charge in [0.2, 0.25) is 0 Å². The zero-order valence-electron chi connectivity index (χ0n) is 38.5. The van der Waals surface area contributed by atoms with E-state index in [0.717, 1.165) is 122 Å². The van der Waals surface area contributed by atoms with Gasteiger partial charge in [-0.15, -0.1) is 0 Å². The van der Waals surface area contributed by atoms with Crippen LogP contribution in [0.3, 0.4) is 0 Å². The molecule has 0 saturated heterocycles. The largest absolute Gasteiger partial charge is 0.462 e. The van der Waals surface area contributed by atoms with E-state index in [1.165, 1.54) is 64.2 Å². The molecule has 0 heterocycles. The topological polar surface area (TPSA) is 78.9 Å². The van der Waals surface area contributed by atoms with Gasteiger partial charge in [-0.3, -0.25) is 14.4 Å². The number of hydrogen-bond acceptors (Lipinski definition) is 6. The van der Waals surface area contributed by atoms with Crippen molar-refractivity contribution < 1.29 is 28.6 Å². The number of carbonyl (C=O) groups is 3. The van der Waals surface area contributed by atoms with Crippen molar-refractivity contribution >= 4 is 17.9 Å². The zero-order valence-corrected chi connectivity index (χ0v) is 38.5. The standard InChI is InChI=1S/C53H90O6/c1-4-7-10-13-16-19-22-25-28-31-34-37-40-43-46-52(55)58-49-50(48-57-51(54)45-42-39-36-33-30-27-24-21-18-15-12-9-6-3)59-53(56)47-44-41-38-35-32-29-26-23-20-17-14-11-8-5-2/h9,12-13,16,18,21-23,25-27,30,50H,4-8,10-11,14-15,17,19-20,24,28-29,31-49H2,1-3H3/b12-9-,16-13-,21-18-,25-22-,26-23-,30-27-. The maximum absolute atomic E-state index is 12.8. The second-order valence-electron chi connectivity index (χ2n) is 16.0. The van der Waals surface area contributed by atoms with E-state index >= 15 is 0 Å². The molecule has 0 spiro atoms. The molecule has 338 valence electrons. The minimum atomic E-state index is -0.796. The average Bonchev–Trinajstić information content (AvgIpc) is 3.23. The molecule has 59 heavy (non-hydrogen) atoms. The lowest BCUT2D eigenvalue weighted by Gasteiger charge is -2.18. The van der Waals surface area contributed by atoms with Gasteiger partial charge in [-0.1, -0.05) is 177 Å². The Kier molecular flexibility index (Phi) is 45.0. The summed E-state index contributed by atoms with van der Waals surface area (Å²) in [7, 11) is 0. The minimum absolute atomic E-state index is 0.0960. The Balaban J connectivity index is 4.47. The number of hydrogen-bond donors (Lipinski definition) is 0. The summed E-state index contributed by atoms with van der Waals surface area (Å²) < 4.78 is 16.7. The van der Waals surface area contributed by atoms with Crippen LogP contribution in [0.4, 0.5) is 0 Å². The molecular weight excluding hydrogens is 733 g/mol. The van der Waals surface area contributed by atoms with Crippen molar-refractivity contribution in [2.45, 2.75) is 232 Å². The summed E-state index contributed by atoms with van der Waals surface area (Å²) in [4.78, 5) is 37.9. The molecule has 0 aliphatic carbocycles. The molecule has 0 aromatic rings. The first-order valence-corrected chi connectivity index (χ1v) is 24.4. The number of esters is 3. The van der Waals surface area contributed by atoms with Crippen molar-refractivity contribution in [3.63, 3.8) is 0 Å². The molecule has 0 rings (SSSR count). The SMILES string of the molecule is CC/C=C\C/C=C\C/C=C\CCCCCC(=O)OCC(COC(=O)CCCCCCC/C=C\C/C=C\CCCC)OC(=O)CCCCCCC/C=C\CCCCCCC. The third-order valence-electron chi connectivity index (χ3n) is 10.2. The molecule has 0 radical (unpaired) electrons. The van der Waals surface area contributed by atoms with Gasteiger partial charge in [0.25, 0.3) is 0 Å². The van der Waals surface area contributed by atoms with Crippen LogP contribution in [-0.4, -0.2) is 37.2 Å². The van der Waals surface area contributed by atoms with Gasteiger partial charge >= 0.3 is 17.9 Å². The minimum Gasteiger partial charge on any atom is -0.462 e. The molecule has 0 amide bonds.